The van der Waals surface area contributed by atoms with Crippen LogP contribution in [0.3, 0.4) is 0 Å². The van der Waals surface area contributed by atoms with Crippen molar-refractivity contribution in [1.82, 2.24) is 4.31 Å². The van der Waals surface area contributed by atoms with Gasteiger partial charge in [0.05, 0.1) is 23.1 Å². The fourth-order valence-corrected chi connectivity index (χ4v) is 4.93. The molecule has 0 spiro atoms. The van der Waals surface area contributed by atoms with E-state index in [2.05, 4.69) is 5.32 Å². The fourth-order valence-electron chi connectivity index (χ4n) is 3.16. The van der Waals surface area contributed by atoms with E-state index in [1.807, 2.05) is 44.2 Å². The molecule has 0 aliphatic carbocycles. The lowest BCUT2D eigenvalue weighted by molar-refractivity contribution is -0.114. The first kappa shape index (κ1) is 19.5. The minimum absolute atomic E-state index is 0.193. The summed E-state index contributed by atoms with van der Waals surface area (Å²) in [4.78, 5) is 11.3. The predicted molar refractivity (Wildman–Crippen MR) is 104 cm³/mol. The molecule has 1 amide bonds. The van der Waals surface area contributed by atoms with E-state index in [-0.39, 0.29) is 23.5 Å². The quantitative estimate of drug-likeness (QED) is 0.873. The van der Waals surface area contributed by atoms with Gasteiger partial charge in [0.15, 0.2) is 0 Å². The Kier molecular flexibility index (Phi) is 5.37. The van der Waals surface area contributed by atoms with E-state index in [0.29, 0.717) is 12.3 Å². The van der Waals surface area contributed by atoms with Crippen molar-refractivity contribution in [3.8, 4) is 0 Å². The maximum atomic E-state index is 13.3. The summed E-state index contributed by atoms with van der Waals surface area (Å²) in [7, 11) is -3.72. The molecular formula is C20H24N2O4S. The predicted octanol–water partition coefficient (Wildman–Crippen LogP) is 3.19. The van der Waals surface area contributed by atoms with Gasteiger partial charge in [-0.3, -0.25) is 4.79 Å². The molecule has 0 aromatic heterocycles. The highest BCUT2D eigenvalue weighted by molar-refractivity contribution is 7.89. The fraction of sp³-hybridized carbons (Fsp3) is 0.350. The third-order valence-corrected chi connectivity index (χ3v) is 6.67. The van der Waals surface area contributed by atoms with E-state index in [9.17, 15) is 13.2 Å². The van der Waals surface area contributed by atoms with Gasteiger partial charge >= 0.3 is 0 Å². The van der Waals surface area contributed by atoms with Gasteiger partial charge in [0, 0.05) is 19.2 Å². The number of ether oxygens (including phenoxy) is 1. The van der Waals surface area contributed by atoms with Gasteiger partial charge in [0.25, 0.3) is 0 Å². The summed E-state index contributed by atoms with van der Waals surface area (Å²) in [6.45, 7) is 5.67. The molecule has 1 N–H and O–H groups in total. The van der Waals surface area contributed by atoms with Crippen molar-refractivity contribution in [3.63, 3.8) is 0 Å². The standard InChI is InChI=1S/C20H24N2O4S/c1-15(23)21-17-9-11-18(12-10-17)27(24,25)22-13-19(26-14-20(22,2)3)16-7-5-4-6-8-16/h4-12,19H,13-14H2,1-3H3,(H,21,23). The van der Waals surface area contributed by atoms with Gasteiger partial charge in [-0.05, 0) is 43.7 Å². The second-order valence-electron chi connectivity index (χ2n) is 7.26. The van der Waals surface area contributed by atoms with Crippen molar-refractivity contribution in [1.29, 1.82) is 0 Å². The Morgan fingerprint density at radius 1 is 1.11 bits per heavy atom. The highest BCUT2D eigenvalue weighted by Gasteiger charge is 2.43. The number of sulfonamides is 1. The summed E-state index contributed by atoms with van der Waals surface area (Å²) < 4.78 is 34.1. The number of hydrogen-bond donors (Lipinski definition) is 1. The maximum absolute atomic E-state index is 13.3. The molecule has 3 rings (SSSR count). The maximum Gasteiger partial charge on any atom is 0.243 e. The van der Waals surface area contributed by atoms with E-state index >= 15 is 0 Å². The second kappa shape index (κ2) is 7.42. The number of carbonyl (C=O) groups is 1. The van der Waals surface area contributed by atoms with Crippen LogP contribution in [0.4, 0.5) is 5.69 Å². The molecule has 1 unspecified atom stereocenters. The molecule has 2 aromatic carbocycles. The summed E-state index contributed by atoms with van der Waals surface area (Å²) >= 11 is 0. The van der Waals surface area contributed by atoms with Crippen LogP contribution < -0.4 is 5.32 Å². The number of nitrogens with one attached hydrogen (secondary N) is 1. The van der Waals surface area contributed by atoms with Crippen molar-refractivity contribution in [3.05, 3.63) is 60.2 Å². The molecule has 144 valence electrons. The lowest BCUT2D eigenvalue weighted by Crippen LogP contribution is -2.56. The highest BCUT2D eigenvalue weighted by Crippen LogP contribution is 2.34. The minimum Gasteiger partial charge on any atom is -0.370 e. The Morgan fingerprint density at radius 2 is 1.74 bits per heavy atom. The van der Waals surface area contributed by atoms with Crippen molar-refractivity contribution in [2.75, 3.05) is 18.5 Å². The summed E-state index contributed by atoms with van der Waals surface area (Å²) in [6.07, 6.45) is -0.312. The van der Waals surface area contributed by atoms with Gasteiger partial charge in [0.1, 0.15) is 0 Å². The Labute approximate surface area is 160 Å². The number of hydrogen-bond acceptors (Lipinski definition) is 4. The molecule has 27 heavy (non-hydrogen) atoms. The van der Waals surface area contributed by atoms with Crippen molar-refractivity contribution in [2.24, 2.45) is 0 Å². The van der Waals surface area contributed by atoms with E-state index in [4.69, 9.17) is 4.74 Å². The smallest absolute Gasteiger partial charge is 0.243 e. The first-order valence-electron chi connectivity index (χ1n) is 8.77. The number of rotatable bonds is 4. The number of nitrogens with zero attached hydrogens (tertiary/aromatic N) is 1. The van der Waals surface area contributed by atoms with Crippen LogP contribution in [0.1, 0.15) is 32.4 Å². The zero-order valence-corrected chi connectivity index (χ0v) is 16.5. The normalized spacial score (nSPS) is 20.2. The molecule has 2 aromatic rings. The third-order valence-electron chi connectivity index (χ3n) is 4.58. The van der Waals surface area contributed by atoms with Crippen LogP contribution in [0.2, 0.25) is 0 Å². The number of carbonyl (C=O) groups excluding carboxylic acids is 1. The lowest BCUT2D eigenvalue weighted by Gasteiger charge is -2.44. The first-order chi connectivity index (χ1) is 12.7. The van der Waals surface area contributed by atoms with Crippen LogP contribution in [0.15, 0.2) is 59.5 Å². The summed E-state index contributed by atoms with van der Waals surface area (Å²) in [5, 5.41) is 2.64. The highest BCUT2D eigenvalue weighted by atomic mass is 32.2. The second-order valence-corrected chi connectivity index (χ2v) is 9.13. The lowest BCUT2D eigenvalue weighted by atomic mass is 10.0. The average molecular weight is 388 g/mol. The number of anilines is 1. The van der Waals surface area contributed by atoms with E-state index < -0.39 is 15.6 Å². The van der Waals surface area contributed by atoms with Crippen LogP contribution in [-0.4, -0.2) is 37.3 Å². The summed E-state index contributed by atoms with van der Waals surface area (Å²) in [6, 6.07) is 15.9. The molecule has 1 heterocycles. The zero-order valence-electron chi connectivity index (χ0n) is 15.7. The van der Waals surface area contributed by atoms with Gasteiger partial charge in [0.2, 0.25) is 15.9 Å². The van der Waals surface area contributed by atoms with Gasteiger partial charge in [-0.1, -0.05) is 30.3 Å². The largest absolute Gasteiger partial charge is 0.370 e. The molecule has 0 saturated carbocycles. The number of amides is 1. The summed E-state index contributed by atoms with van der Waals surface area (Å²) in [5.41, 5.74) is 0.847. The van der Waals surface area contributed by atoms with Gasteiger partial charge < -0.3 is 10.1 Å². The minimum atomic E-state index is -3.72. The van der Waals surface area contributed by atoms with Crippen molar-refractivity contribution in [2.45, 2.75) is 37.3 Å². The Bertz CT molecular complexity index is 909. The number of morpholine rings is 1. The Morgan fingerprint density at radius 3 is 2.33 bits per heavy atom. The summed E-state index contributed by atoms with van der Waals surface area (Å²) in [5.74, 6) is -0.203. The van der Waals surface area contributed by atoms with Crippen LogP contribution in [0.5, 0.6) is 0 Å². The topological polar surface area (TPSA) is 75.7 Å². The molecule has 1 aliphatic rings. The Hall–Kier alpha value is -2.22. The molecular weight excluding hydrogens is 364 g/mol. The van der Waals surface area contributed by atoms with Crippen molar-refractivity contribution < 1.29 is 17.9 Å². The molecule has 1 saturated heterocycles. The first-order valence-corrected chi connectivity index (χ1v) is 10.2. The van der Waals surface area contributed by atoms with Crippen LogP contribution in [-0.2, 0) is 19.6 Å². The van der Waals surface area contributed by atoms with Crippen LogP contribution in [0.25, 0.3) is 0 Å². The molecule has 7 heteroatoms. The molecule has 6 nitrogen and oxygen atoms in total. The van der Waals surface area contributed by atoms with Crippen LogP contribution >= 0.6 is 0 Å². The molecule has 0 bridgehead atoms. The molecule has 1 atom stereocenters. The monoisotopic (exact) mass is 388 g/mol. The third kappa shape index (κ3) is 4.21. The molecule has 1 aliphatic heterocycles. The van der Waals surface area contributed by atoms with Crippen LogP contribution in [0, 0.1) is 0 Å². The van der Waals surface area contributed by atoms with E-state index in [1.165, 1.54) is 23.4 Å². The van der Waals surface area contributed by atoms with E-state index in [1.54, 1.807) is 12.1 Å². The Balaban J connectivity index is 1.89. The van der Waals surface area contributed by atoms with Gasteiger partial charge in [-0.25, -0.2) is 8.42 Å². The van der Waals surface area contributed by atoms with Gasteiger partial charge in [-0.15, -0.1) is 0 Å². The molecule has 1 fully saturated rings. The SMILES string of the molecule is CC(=O)Nc1ccc(S(=O)(=O)N2CC(c3ccccc3)OCC2(C)C)cc1. The average Bonchev–Trinajstić information content (AvgIpc) is 2.62. The zero-order chi connectivity index (χ0) is 19.7. The van der Waals surface area contributed by atoms with Crippen molar-refractivity contribution >= 4 is 21.6 Å². The van der Waals surface area contributed by atoms with Gasteiger partial charge in [-0.2, -0.15) is 4.31 Å². The molecule has 0 radical (unpaired) electrons. The van der Waals surface area contributed by atoms with E-state index in [0.717, 1.165) is 5.56 Å². The number of benzene rings is 2.